The average molecular weight is 447 g/mol. The molecular formula is C27H42O5. The largest absolute Gasteiger partial charge is 0.460 e. The number of carbonyl (C=O) groups excluding carboxylic acids is 3. The van der Waals surface area contributed by atoms with Crippen LogP contribution in [0.2, 0.25) is 0 Å². The van der Waals surface area contributed by atoms with E-state index in [1.165, 1.54) is 0 Å². The van der Waals surface area contributed by atoms with Crippen molar-refractivity contribution in [1.82, 2.24) is 0 Å². The predicted molar refractivity (Wildman–Crippen MR) is 123 cm³/mol. The van der Waals surface area contributed by atoms with Crippen LogP contribution in [0.4, 0.5) is 0 Å². The van der Waals surface area contributed by atoms with Gasteiger partial charge in [-0.3, -0.25) is 14.4 Å². The van der Waals surface area contributed by atoms with Gasteiger partial charge in [0.1, 0.15) is 5.60 Å². The van der Waals surface area contributed by atoms with Crippen LogP contribution in [-0.2, 0) is 23.9 Å². The van der Waals surface area contributed by atoms with E-state index in [9.17, 15) is 14.4 Å². The van der Waals surface area contributed by atoms with E-state index in [1.807, 2.05) is 40.7 Å². The van der Waals surface area contributed by atoms with Gasteiger partial charge in [-0.25, -0.2) is 0 Å². The Bertz CT molecular complexity index is 750. The topological polar surface area (TPSA) is 69.7 Å². The summed E-state index contributed by atoms with van der Waals surface area (Å²) in [7, 11) is 0. The van der Waals surface area contributed by atoms with Crippen molar-refractivity contribution >= 4 is 17.9 Å². The van der Waals surface area contributed by atoms with Crippen molar-refractivity contribution in [3.63, 3.8) is 0 Å². The zero-order valence-electron chi connectivity index (χ0n) is 20.9. The van der Waals surface area contributed by atoms with Crippen molar-refractivity contribution in [2.75, 3.05) is 0 Å². The fourth-order valence-electron chi connectivity index (χ4n) is 6.89. The summed E-state index contributed by atoms with van der Waals surface area (Å²) in [6.45, 7) is 18.1. The molecule has 0 amide bonds. The molecule has 0 aromatic carbocycles. The van der Waals surface area contributed by atoms with Crippen molar-refractivity contribution in [3.05, 3.63) is 12.7 Å². The molecule has 9 unspecified atom stereocenters. The molecular weight excluding hydrogens is 404 g/mol. The minimum absolute atomic E-state index is 0.0151. The predicted octanol–water partition coefficient (Wildman–Crippen LogP) is 5.43. The second-order valence-corrected chi connectivity index (χ2v) is 11.7. The molecule has 1 aliphatic heterocycles. The van der Waals surface area contributed by atoms with E-state index in [4.69, 9.17) is 9.47 Å². The first-order valence-electron chi connectivity index (χ1n) is 12.5. The highest BCUT2D eigenvalue weighted by Gasteiger charge is 2.59. The molecule has 3 fully saturated rings. The van der Waals surface area contributed by atoms with Crippen LogP contribution in [0.5, 0.6) is 0 Å². The van der Waals surface area contributed by atoms with E-state index in [-0.39, 0.29) is 41.5 Å². The summed E-state index contributed by atoms with van der Waals surface area (Å²) in [5.41, 5.74) is -0.506. The van der Waals surface area contributed by atoms with Crippen molar-refractivity contribution in [1.29, 1.82) is 0 Å². The number of fused-ring (bicyclic) bond motifs is 2. The number of cyclic esters (lactones) is 2. The van der Waals surface area contributed by atoms with Gasteiger partial charge < -0.3 is 9.47 Å². The van der Waals surface area contributed by atoms with Gasteiger partial charge >= 0.3 is 17.9 Å². The zero-order chi connectivity index (χ0) is 24.0. The van der Waals surface area contributed by atoms with Crippen LogP contribution in [0.15, 0.2) is 12.7 Å². The Morgan fingerprint density at radius 2 is 1.84 bits per heavy atom. The monoisotopic (exact) mass is 446 g/mol. The van der Waals surface area contributed by atoms with Crippen LogP contribution in [0, 0.1) is 59.2 Å². The lowest BCUT2D eigenvalue weighted by Gasteiger charge is -2.40. The Labute approximate surface area is 193 Å². The van der Waals surface area contributed by atoms with Crippen LogP contribution >= 0.6 is 0 Å². The molecule has 2 aliphatic carbocycles. The highest BCUT2D eigenvalue weighted by molar-refractivity contribution is 5.96. The molecule has 0 N–H and O–H groups in total. The molecule has 0 radical (unpaired) electrons. The van der Waals surface area contributed by atoms with Gasteiger partial charge in [0.05, 0.1) is 17.8 Å². The molecule has 10 atom stereocenters. The molecule has 5 nitrogen and oxygen atoms in total. The number of hydrogen-bond acceptors (Lipinski definition) is 5. The number of allylic oxidation sites excluding steroid dienone is 1. The minimum atomic E-state index is -0.506. The lowest BCUT2D eigenvalue weighted by molar-refractivity contribution is -0.163. The van der Waals surface area contributed by atoms with Gasteiger partial charge in [0, 0.05) is 0 Å². The molecule has 0 aromatic heterocycles. The summed E-state index contributed by atoms with van der Waals surface area (Å²) >= 11 is 0. The first kappa shape index (κ1) is 25.0. The quantitative estimate of drug-likeness (QED) is 0.283. The normalized spacial score (nSPS) is 37.2. The molecule has 5 heteroatoms. The Hall–Kier alpha value is -1.65. The molecule has 3 rings (SSSR count). The second-order valence-electron chi connectivity index (χ2n) is 11.7. The first-order valence-corrected chi connectivity index (χ1v) is 12.5. The molecule has 0 aromatic rings. The maximum absolute atomic E-state index is 13.0. The number of hydrogen-bond donors (Lipinski definition) is 0. The summed E-state index contributed by atoms with van der Waals surface area (Å²) in [5, 5.41) is 0. The Morgan fingerprint density at radius 3 is 2.41 bits per heavy atom. The molecule has 180 valence electrons. The highest BCUT2D eigenvalue weighted by atomic mass is 16.6. The smallest absolute Gasteiger partial charge is 0.317 e. The fraction of sp³-hybridized carbons (Fsp3) is 0.815. The molecule has 0 spiro atoms. The highest BCUT2D eigenvalue weighted by Crippen LogP contribution is 2.60. The van der Waals surface area contributed by atoms with Crippen molar-refractivity contribution < 1.29 is 23.9 Å². The third-order valence-corrected chi connectivity index (χ3v) is 8.75. The SMILES string of the molecule is C=CC(C)C(C)C1C(=O)OC(=O)C1CC1C2C[C@@H](CC2C(=O)OC(C)(C)C)C1C(C)CC. The van der Waals surface area contributed by atoms with E-state index < -0.39 is 23.4 Å². The van der Waals surface area contributed by atoms with Crippen LogP contribution in [0.25, 0.3) is 0 Å². The number of ether oxygens (including phenoxy) is 2. The molecule has 2 saturated carbocycles. The van der Waals surface area contributed by atoms with E-state index in [2.05, 4.69) is 20.4 Å². The van der Waals surface area contributed by atoms with Gasteiger partial charge in [-0.05, 0) is 81.5 Å². The molecule has 3 aliphatic rings. The van der Waals surface area contributed by atoms with Gasteiger partial charge in [0.2, 0.25) is 0 Å². The number of carbonyl (C=O) groups is 3. The summed E-state index contributed by atoms with van der Waals surface area (Å²) in [5.74, 6) is 0.147. The van der Waals surface area contributed by atoms with Gasteiger partial charge in [0.15, 0.2) is 0 Å². The van der Waals surface area contributed by atoms with E-state index >= 15 is 0 Å². The zero-order valence-corrected chi connectivity index (χ0v) is 20.9. The van der Waals surface area contributed by atoms with Crippen LogP contribution in [-0.4, -0.2) is 23.5 Å². The molecule has 1 saturated heterocycles. The maximum atomic E-state index is 13.0. The standard InChI is InChI=1S/C27H42O5/c1-9-14(3)16(5)23-21(24(28)31-26(23)30)13-19-18-11-17(22(19)15(4)10-2)12-20(18)25(29)32-27(6,7)8/h9,14-23H,1,10-13H2,2-8H3/t14?,15?,16?,17-,18?,19?,20?,21?,22?,23?/m0/s1. The summed E-state index contributed by atoms with van der Waals surface area (Å²) < 4.78 is 10.9. The Balaban J connectivity index is 1.87. The van der Waals surface area contributed by atoms with E-state index in [0.29, 0.717) is 24.2 Å². The lowest BCUT2D eigenvalue weighted by atomic mass is 9.64. The Kier molecular flexibility index (Phi) is 7.26. The van der Waals surface area contributed by atoms with Crippen molar-refractivity contribution in [3.8, 4) is 0 Å². The summed E-state index contributed by atoms with van der Waals surface area (Å²) in [4.78, 5) is 38.5. The van der Waals surface area contributed by atoms with Gasteiger partial charge in [-0.15, -0.1) is 6.58 Å². The van der Waals surface area contributed by atoms with E-state index in [1.54, 1.807) is 0 Å². The van der Waals surface area contributed by atoms with Gasteiger partial charge in [-0.1, -0.05) is 40.2 Å². The first-order chi connectivity index (χ1) is 14.9. The Morgan fingerprint density at radius 1 is 1.19 bits per heavy atom. The number of rotatable bonds is 8. The molecule has 1 heterocycles. The fourth-order valence-corrected chi connectivity index (χ4v) is 6.89. The second kappa shape index (κ2) is 9.30. The van der Waals surface area contributed by atoms with Crippen molar-refractivity contribution in [2.24, 2.45) is 59.2 Å². The summed E-state index contributed by atoms with van der Waals surface area (Å²) in [6, 6.07) is 0. The lowest BCUT2D eigenvalue weighted by Crippen LogP contribution is -2.40. The van der Waals surface area contributed by atoms with Crippen molar-refractivity contribution in [2.45, 2.75) is 79.8 Å². The van der Waals surface area contributed by atoms with Gasteiger partial charge in [0.25, 0.3) is 0 Å². The van der Waals surface area contributed by atoms with E-state index in [0.717, 1.165) is 19.3 Å². The van der Waals surface area contributed by atoms with Gasteiger partial charge in [-0.2, -0.15) is 0 Å². The average Bonchev–Trinajstić information content (AvgIpc) is 3.36. The third-order valence-electron chi connectivity index (χ3n) is 8.75. The minimum Gasteiger partial charge on any atom is -0.460 e. The third kappa shape index (κ3) is 4.68. The molecule has 32 heavy (non-hydrogen) atoms. The molecule has 2 bridgehead atoms. The van der Waals surface area contributed by atoms with Crippen LogP contribution in [0.3, 0.4) is 0 Å². The summed E-state index contributed by atoms with van der Waals surface area (Å²) in [6.07, 6.45) is 5.44. The van der Waals surface area contributed by atoms with Crippen LogP contribution < -0.4 is 0 Å². The maximum Gasteiger partial charge on any atom is 0.317 e. The number of esters is 3. The van der Waals surface area contributed by atoms with Crippen LogP contribution in [0.1, 0.15) is 74.1 Å².